The molecule has 0 aliphatic carbocycles. The summed E-state index contributed by atoms with van der Waals surface area (Å²) < 4.78 is 0. The highest BCUT2D eigenvalue weighted by Crippen LogP contribution is 2.31. The van der Waals surface area contributed by atoms with Crippen LogP contribution < -0.4 is 5.73 Å². The van der Waals surface area contributed by atoms with Crippen molar-refractivity contribution >= 4 is 5.69 Å². The summed E-state index contributed by atoms with van der Waals surface area (Å²) in [5.41, 5.74) is 8.20. The number of anilines is 1. The minimum Gasteiger partial charge on any atom is -0.399 e. The highest BCUT2D eigenvalue weighted by Gasteiger charge is 2.24. The third-order valence-electron chi connectivity index (χ3n) is 3.92. The third kappa shape index (κ3) is 3.26. The average Bonchev–Trinajstić information content (AvgIpc) is 2.58. The van der Waals surface area contributed by atoms with Crippen molar-refractivity contribution in [2.24, 2.45) is 5.92 Å². The molecule has 2 nitrogen and oxygen atoms in total. The van der Waals surface area contributed by atoms with E-state index in [9.17, 15) is 0 Å². The van der Waals surface area contributed by atoms with E-state index in [1.807, 2.05) is 6.07 Å². The fourth-order valence-corrected chi connectivity index (χ4v) is 3.13. The van der Waals surface area contributed by atoms with Crippen molar-refractivity contribution in [1.29, 1.82) is 0 Å². The van der Waals surface area contributed by atoms with Crippen LogP contribution in [-0.2, 0) is 0 Å². The monoisotopic (exact) mass is 246 g/mol. The zero-order valence-corrected chi connectivity index (χ0v) is 11.7. The smallest absolute Gasteiger partial charge is 0.0371 e. The number of rotatable bonds is 3. The van der Waals surface area contributed by atoms with Crippen molar-refractivity contribution in [2.75, 3.05) is 18.8 Å². The van der Waals surface area contributed by atoms with Crippen molar-refractivity contribution in [3.63, 3.8) is 0 Å². The fraction of sp³-hybridized carbons (Fsp3) is 0.625. The number of nitrogen functional groups attached to an aromatic ring is 1. The van der Waals surface area contributed by atoms with Gasteiger partial charge < -0.3 is 5.73 Å². The molecule has 2 heteroatoms. The van der Waals surface area contributed by atoms with Gasteiger partial charge in [-0.3, -0.25) is 4.90 Å². The molecule has 1 aromatic carbocycles. The van der Waals surface area contributed by atoms with Crippen LogP contribution in [0.2, 0.25) is 0 Å². The molecule has 0 radical (unpaired) electrons. The Morgan fingerprint density at radius 2 is 1.72 bits per heavy atom. The summed E-state index contributed by atoms with van der Waals surface area (Å²) in [4.78, 5) is 2.66. The van der Waals surface area contributed by atoms with Gasteiger partial charge in [0, 0.05) is 11.7 Å². The largest absolute Gasteiger partial charge is 0.399 e. The Hall–Kier alpha value is -1.02. The molecule has 0 saturated carbocycles. The Morgan fingerprint density at radius 1 is 1.06 bits per heavy atom. The van der Waals surface area contributed by atoms with Gasteiger partial charge in [-0.15, -0.1) is 0 Å². The maximum absolute atomic E-state index is 5.94. The van der Waals surface area contributed by atoms with Crippen LogP contribution in [-0.4, -0.2) is 18.0 Å². The van der Waals surface area contributed by atoms with E-state index in [0.717, 1.165) is 5.69 Å². The van der Waals surface area contributed by atoms with Crippen molar-refractivity contribution in [1.82, 2.24) is 4.90 Å². The van der Waals surface area contributed by atoms with Crippen molar-refractivity contribution in [3.8, 4) is 0 Å². The van der Waals surface area contributed by atoms with Crippen molar-refractivity contribution in [3.05, 3.63) is 29.8 Å². The Morgan fingerprint density at radius 3 is 2.28 bits per heavy atom. The molecule has 2 rings (SSSR count). The van der Waals surface area contributed by atoms with E-state index in [1.165, 1.54) is 44.3 Å². The highest BCUT2D eigenvalue weighted by atomic mass is 15.2. The van der Waals surface area contributed by atoms with Gasteiger partial charge in [0.25, 0.3) is 0 Å². The minimum atomic E-state index is 0.520. The number of hydrogen-bond donors (Lipinski definition) is 1. The number of nitrogens with two attached hydrogens (primary N) is 1. The number of hydrogen-bond acceptors (Lipinski definition) is 2. The lowest BCUT2D eigenvalue weighted by molar-refractivity contribution is 0.161. The summed E-state index contributed by atoms with van der Waals surface area (Å²) in [6, 6.07) is 8.95. The summed E-state index contributed by atoms with van der Waals surface area (Å²) in [6.07, 6.45) is 5.45. The Balaban J connectivity index is 2.21. The molecular formula is C16H26N2. The summed E-state index contributed by atoms with van der Waals surface area (Å²) in [6.45, 7) is 7.10. The lowest BCUT2D eigenvalue weighted by Gasteiger charge is -2.34. The lowest BCUT2D eigenvalue weighted by atomic mass is 9.94. The molecule has 1 aliphatic rings. The summed E-state index contributed by atoms with van der Waals surface area (Å²) >= 11 is 0. The van der Waals surface area contributed by atoms with Gasteiger partial charge in [-0.2, -0.15) is 0 Å². The van der Waals surface area contributed by atoms with Gasteiger partial charge in [-0.25, -0.2) is 0 Å². The second-order valence-electron chi connectivity index (χ2n) is 5.81. The predicted molar refractivity (Wildman–Crippen MR) is 78.5 cm³/mol. The topological polar surface area (TPSA) is 29.3 Å². The normalized spacial score (nSPS) is 19.7. The molecule has 1 aromatic rings. The quantitative estimate of drug-likeness (QED) is 0.821. The first-order valence-electron chi connectivity index (χ1n) is 7.28. The third-order valence-corrected chi connectivity index (χ3v) is 3.92. The molecule has 1 unspecified atom stereocenters. The highest BCUT2D eigenvalue weighted by molar-refractivity contribution is 5.41. The van der Waals surface area contributed by atoms with E-state index < -0.39 is 0 Å². The Kier molecular flexibility index (Phi) is 4.65. The van der Waals surface area contributed by atoms with Gasteiger partial charge in [0.15, 0.2) is 0 Å². The minimum absolute atomic E-state index is 0.520. The van der Waals surface area contributed by atoms with Crippen LogP contribution in [0, 0.1) is 5.92 Å². The van der Waals surface area contributed by atoms with Crippen molar-refractivity contribution in [2.45, 2.75) is 45.6 Å². The van der Waals surface area contributed by atoms with Crippen LogP contribution in [0.4, 0.5) is 5.69 Å². The van der Waals surface area contributed by atoms with Crippen LogP contribution in [0.15, 0.2) is 24.3 Å². The number of benzene rings is 1. The average molecular weight is 246 g/mol. The zero-order valence-electron chi connectivity index (χ0n) is 11.7. The summed E-state index contributed by atoms with van der Waals surface area (Å²) in [5.74, 6) is 0.630. The van der Waals surface area contributed by atoms with Gasteiger partial charge in [0.05, 0.1) is 0 Å². The summed E-state index contributed by atoms with van der Waals surface area (Å²) in [5, 5.41) is 0. The van der Waals surface area contributed by atoms with E-state index in [1.54, 1.807) is 0 Å². The Labute approximate surface area is 111 Å². The molecule has 1 heterocycles. The van der Waals surface area contributed by atoms with Crippen LogP contribution >= 0.6 is 0 Å². The van der Waals surface area contributed by atoms with Crippen LogP contribution in [0.25, 0.3) is 0 Å². The first-order valence-corrected chi connectivity index (χ1v) is 7.28. The molecular weight excluding hydrogens is 220 g/mol. The van der Waals surface area contributed by atoms with E-state index in [0.29, 0.717) is 12.0 Å². The molecule has 18 heavy (non-hydrogen) atoms. The molecule has 0 bridgehead atoms. The molecule has 1 aliphatic heterocycles. The SMILES string of the molecule is CC(C)C(c1cccc(N)c1)N1CCCCCC1. The van der Waals surface area contributed by atoms with Crippen LogP contribution in [0.1, 0.15) is 51.1 Å². The lowest BCUT2D eigenvalue weighted by Crippen LogP contribution is -2.33. The maximum Gasteiger partial charge on any atom is 0.0371 e. The first kappa shape index (κ1) is 13.4. The fourth-order valence-electron chi connectivity index (χ4n) is 3.13. The maximum atomic E-state index is 5.94. The number of likely N-dealkylation sites (tertiary alicyclic amines) is 1. The predicted octanol–water partition coefficient (Wildman–Crippen LogP) is 3.84. The van der Waals surface area contributed by atoms with Gasteiger partial charge in [-0.1, -0.05) is 38.8 Å². The molecule has 1 atom stereocenters. The Bertz CT molecular complexity index is 365. The molecule has 0 amide bonds. The van der Waals surface area contributed by atoms with Crippen LogP contribution in [0.5, 0.6) is 0 Å². The molecule has 1 saturated heterocycles. The van der Waals surface area contributed by atoms with E-state index in [-0.39, 0.29) is 0 Å². The van der Waals surface area contributed by atoms with E-state index >= 15 is 0 Å². The zero-order chi connectivity index (χ0) is 13.0. The molecule has 100 valence electrons. The molecule has 0 spiro atoms. The van der Waals surface area contributed by atoms with E-state index in [4.69, 9.17) is 5.73 Å². The summed E-state index contributed by atoms with van der Waals surface area (Å²) in [7, 11) is 0. The van der Waals surface area contributed by atoms with Crippen LogP contribution in [0.3, 0.4) is 0 Å². The molecule has 1 fully saturated rings. The second-order valence-corrected chi connectivity index (χ2v) is 5.81. The van der Waals surface area contributed by atoms with Crippen molar-refractivity contribution < 1.29 is 0 Å². The number of nitrogens with zero attached hydrogens (tertiary/aromatic N) is 1. The molecule has 0 aromatic heterocycles. The second kappa shape index (κ2) is 6.24. The van der Waals surface area contributed by atoms with Gasteiger partial charge >= 0.3 is 0 Å². The standard InChI is InChI=1S/C16H26N2/c1-13(2)16(14-8-7-9-15(17)12-14)18-10-5-3-4-6-11-18/h7-9,12-13,16H,3-6,10-11,17H2,1-2H3. The molecule has 2 N–H and O–H groups in total. The van der Waals surface area contributed by atoms with Gasteiger partial charge in [0.2, 0.25) is 0 Å². The van der Waals surface area contributed by atoms with E-state index in [2.05, 4.69) is 36.9 Å². The first-order chi connectivity index (χ1) is 8.68. The van der Waals surface area contributed by atoms with Gasteiger partial charge in [0.1, 0.15) is 0 Å². The van der Waals surface area contributed by atoms with Gasteiger partial charge in [-0.05, 0) is 49.5 Å².